The van der Waals surface area contributed by atoms with Gasteiger partial charge in [0.05, 0.1) is 0 Å². The van der Waals surface area contributed by atoms with E-state index in [0.29, 0.717) is 24.2 Å². The second-order valence-electron chi connectivity index (χ2n) is 8.15. The van der Waals surface area contributed by atoms with Crippen LogP contribution >= 0.6 is 11.3 Å². The largest absolute Gasteiger partial charge is 0.345 e. The number of aryl methyl sites for hydroxylation is 1. The van der Waals surface area contributed by atoms with Crippen molar-refractivity contribution >= 4 is 17.2 Å². The van der Waals surface area contributed by atoms with Crippen LogP contribution in [0.4, 0.5) is 0 Å². The lowest BCUT2D eigenvalue weighted by atomic mass is 9.89. The zero-order chi connectivity index (χ0) is 19.8. The first-order valence-corrected chi connectivity index (χ1v) is 11.0. The minimum absolute atomic E-state index is 0.144. The predicted octanol–water partition coefficient (Wildman–Crippen LogP) is 2.88. The highest BCUT2D eigenvalue weighted by atomic mass is 32.1. The van der Waals surface area contributed by atoms with Gasteiger partial charge in [0.2, 0.25) is 5.82 Å². The Morgan fingerprint density at radius 3 is 2.72 bits per heavy atom. The highest BCUT2D eigenvalue weighted by Gasteiger charge is 2.39. The summed E-state index contributed by atoms with van der Waals surface area (Å²) in [5.41, 5.74) is 1.08. The van der Waals surface area contributed by atoms with Crippen LogP contribution < -0.4 is 5.32 Å². The van der Waals surface area contributed by atoms with Crippen LogP contribution in [0.1, 0.15) is 31.8 Å². The Bertz CT molecular complexity index is 1010. The lowest BCUT2D eigenvalue weighted by molar-refractivity contribution is 0.0932. The highest BCUT2D eigenvalue weighted by Crippen LogP contribution is 2.33. The van der Waals surface area contributed by atoms with Crippen molar-refractivity contribution in [3.8, 4) is 0 Å². The molecule has 0 aliphatic carbocycles. The van der Waals surface area contributed by atoms with E-state index in [2.05, 4.69) is 39.5 Å². The summed E-state index contributed by atoms with van der Waals surface area (Å²) in [5.74, 6) is 2.41. The van der Waals surface area contributed by atoms with E-state index < -0.39 is 0 Å². The number of benzene rings is 1. The van der Waals surface area contributed by atoms with E-state index in [9.17, 15) is 4.79 Å². The molecular weight excluding hydrogens is 382 g/mol. The number of fused-ring (bicyclic) bond motifs is 2. The van der Waals surface area contributed by atoms with Crippen LogP contribution in [0.25, 0.3) is 0 Å². The van der Waals surface area contributed by atoms with Crippen molar-refractivity contribution in [1.82, 2.24) is 25.0 Å². The summed E-state index contributed by atoms with van der Waals surface area (Å²) < 4.78 is 2.04. The van der Waals surface area contributed by atoms with E-state index in [1.165, 1.54) is 9.75 Å². The summed E-state index contributed by atoms with van der Waals surface area (Å²) >= 11 is 1.88. The number of nitrogens with one attached hydrogen (secondary N) is 1. The third-order valence-electron chi connectivity index (χ3n) is 6.02. The molecule has 0 bridgehead atoms. The van der Waals surface area contributed by atoms with Crippen molar-refractivity contribution in [1.29, 1.82) is 0 Å². The molecule has 29 heavy (non-hydrogen) atoms. The monoisotopic (exact) mass is 407 g/mol. The predicted molar refractivity (Wildman–Crippen MR) is 113 cm³/mol. The molecule has 2 atom stereocenters. The first kappa shape index (κ1) is 18.5. The van der Waals surface area contributed by atoms with E-state index in [1.807, 2.05) is 46.2 Å². The molecule has 1 fully saturated rings. The summed E-state index contributed by atoms with van der Waals surface area (Å²) in [6.45, 7) is 6.70. The van der Waals surface area contributed by atoms with E-state index in [1.54, 1.807) is 0 Å². The molecule has 1 amide bonds. The Morgan fingerprint density at radius 1 is 1.10 bits per heavy atom. The molecule has 3 aromatic rings. The molecule has 1 N–H and O–H groups in total. The molecule has 6 nitrogen and oxygen atoms in total. The zero-order valence-corrected chi connectivity index (χ0v) is 17.4. The van der Waals surface area contributed by atoms with Gasteiger partial charge in [-0.2, -0.15) is 0 Å². The third kappa shape index (κ3) is 3.84. The van der Waals surface area contributed by atoms with Crippen LogP contribution in [0.2, 0.25) is 0 Å². The van der Waals surface area contributed by atoms with Gasteiger partial charge in [-0.3, -0.25) is 9.69 Å². The minimum atomic E-state index is -0.144. The van der Waals surface area contributed by atoms with Crippen LogP contribution in [0.5, 0.6) is 0 Å². The van der Waals surface area contributed by atoms with Gasteiger partial charge < -0.3 is 9.88 Å². The standard InChI is InChI=1S/C22H25N5OS/c1-15-7-8-19(29-15)14-26-11-17-9-20-24-25-21(27(20)13-18(17)12-26)22(28)23-10-16-5-3-2-4-6-16/h2-8,17-18H,9-14H2,1H3,(H,23,28)/t17-,18+/m1/s1. The number of thiophene rings is 1. The van der Waals surface area contributed by atoms with Gasteiger partial charge in [0, 0.05) is 48.9 Å². The number of carbonyl (C=O) groups excluding carboxylic acids is 1. The average molecular weight is 408 g/mol. The van der Waals surface area contributed by atoms with Crippen LogP contribution in [0.15, 0.2) is 42.5 Å². The summed E-state index contributed by atoms with van der Waals surface area (Å²) in [6.07, 6.45) is 0.906. The van der Waals surface area contributed by atoms with Crippen molar-refractivity contribution in [2.45, 2.75) is 33.0 Å². The van der Waals surface area contributed by atoms with Crippen molar-refractivity contribution in [2.24, 2.45) is 11.8 Å². The summed E-state index contributed by atoms with van der Waals surface area (Å²) in [4.78, 5) is 18.1. The zero-order valence-electron chi connectivity index (χ0n) is 16.5. The van der Waals surface area contributed by atoms with Crippen molar-refractivity contribution in [2.75, 3.05) is 13.1 Å². The number of nitrogens with zero attached hydrogens (tertiary/aromatic N) is 4. The van der Waals surface area contributed by atoms with E-state index in [-0.39, 0.29) is 5.91 Å². The molecule has 2 aromatic heterocycles. The molecule has 0 radical (unpaired) electrons. The Morgan fingerprint density at radius 2 is 1.93 bits per heavy atom. The van der Waals surface area contributed by atoms with Crippen LogP contribution in [-0.4, -0.2) is 38.7 Å². The molecule has 2 aliphatic rings. The third-order valence-corrected chi connectivity index (χ3v) is 7.00. The second kappa shape index (κ2) is 7.72. The van der Waals surface area contributed by atoms with Gasteiger partial charge in [-0.05, 0) is 36.5 Å². The van der Waals surface area contributed by atoms with Gasteiger partial charge in [-0.15, -0.1) is 21.5 Å². The fourth-order valence-electron chi connectivity index (χ4n) is 4.57. The number of hydrogen-bond donors (Lipinski definition) is 1. The first-order valence-electron chi connectivity index (χ1n) is 10.2. The smallest absolute Gasteiger partial charge is 0.289 e. The number of likely N-dealkylation sites (tertiary alicyclic amines) is 1. The second-order valence-corrected chi connectivity index (χ2v) is 9.52. The fourth-order valence-corrected chi connectivity index (χ4v) is 5.50. The molecular formula is C22H25N5OS. The van der Waals surface area contributed by atoms with Crippen molar-refractivity contribution in [3.05, 3.63) is 69.4 Å². The molecule has 7 heteroatoms. The quantitative estimate of drug-likeness (QED) is 0.706. The number of amides is 1. The number of carbonyl (C=O) groups is 1. The Hall–Kier alpha value is -2.51. The Labute approximate surface area is 174 Å². The summed E-state index contributed by atoms with van der Waals surface area (Å²) in [5, 5.41) is 11.5. The first-order chi connectivity index (χ1) is 14.2. The summed E-state index contributed by atoms with van der Waals surface area (Å²) in [7, 11) is 0. The maximum absolute atomic E-state index is 12.7. The van der Waals surface area contributed by atoms with Crippen molar-refractivity contribution in [3.63, 3.8) is 0 Å². The van der Waals surface area contributed by atoms with E-state index in [0.717, 1.165) is 44.0 Å². The molecule has 2 aliphatic heterocycles. The van der Waals surface area contributed by atoms with Gasteiger partial charge >= 0.3 is 0 Å². The molecule has 1 aromatic carbocycles. The van der Waals surface area contributed by atoms with E-state index in [4.69, 9.17) is 0 Å². The fraction of sp³-hybridized carbons (Fsp3) is 0.409. The lowest BCUT2D eigenvalue weighted by Gasteiger charge is -2.25. The SMILES string of the molecule is Cc1ccc(CN2C[C@H]3Cc4nnc(C(=O)NCc5ccccc5)n4C[C@@H]3C2)s1. The molecule has 0 spiro atoms. The van der Waals surface area contributed by atoms with Gasteiger partial charge in [0.25, 0.3) is 5.91 Å². The van der Waals surface area contributed by atoms with Crippen LogP contribution in [0, 0.1) is 18.8 Å². The molecule has 4 heterocycles. The normalized spacial score (nSPS) is 21.0. The van der Waals surface area contributed by atoms with Crippen molar-refractivity contribution < 1.29 is 4.79 Å². The molecule has 5 rings (SSSR count). The maximum atomic E-state index is 12.7. The van der Waals surface area contributed by atoms with Crippen LogP contribution in [0.3, 0.4) is 0 Å². The van der Waals surface area contributed by atoms with E-state index >= 15 is 0 Å². The number of aromatic nitrogens is 3. The lowest BCUT2D eigenvalue weighted by Crippen LogP contribution is -2.32. The van der Waals surface area contributed by atoms with Gasteiger partial charge in [0.15, 0.2) is 0 Å². The average Bonchev–Trinajstić information content (AvgIpc) is 3.43. The highest BCUT2D eigenvalue weighted by molar-refractivity contribution is 7.11. The molecule has 0 saturated carbocycles. The van der Waals surface area contributed by atoms with Gasteiger partial charge in [-0.1, -0.05) is 30.3 Å². The number of rotatable bonds is 5. The minimum Gasteiger partial charge on any atom is -0.345 e. The molecule has 0 unspecified atom stereocenters. The van der Waals surface area contributed by atoms with Gasteiger partial charge in [-0.25, -0.2) is 0 Å². The maximum Gasteiger partial charge on any atom is 0.289 e. The Balaban J connectivity index is 1.24. The Kier molecular flexibility index (Phi) is 4.93. The summed E-state index contributed by atoms with van der Waals surface area (Å²) in [6, 6.07) is 14.4. The van der Waals surface area contributed by atoms with Gasteiger partial charge in [0.1, 0.15) is 5.82 Å². The molecule has 1 saturated heterocycles. The topological polar surface area (TPSA) is 63.1 Å². The molecule has 150 valence electrons. The van der Waals surface area contributed by atoms with Crippen LogP contribution in [-0.2, 0) is 26.1 Å². The number of hydrogen-bond acceptors (Lipinski definition) is 5.